The van der Waals surface area contributed by atoms with Crippen molar-refractivity contribution in [3.63, 3.8) is 0 Å². The summed E-state index contributed by atoms with van der Waals surface area (Å²) in [5, 5.41) is 2.89. The van der Waals surface area contributed by atoms with Crippen LogP contribution in [-0.4, -0.2) is 14.8 Å². The monoisotopic (exact) mass is 700 g/mol. The minimum absolute atomic E-state index is 0.136. The van der Waals surface area contributed by atoms with E-state index in [0.717, 1.165) is 0 Å². The summed E-state index contributed by atoms with van der Waals surface area (Å²) in [5.74, 6) is 0. The average Bonchev–Trinajstić information content (AvgIpc) is 3.45. The van der Waals surface area contributed by atoms with E-state index in [1.165, 1.54) is 106 Å². The third-order valence-corrected chi connectivity index (χ3v) is 15.5. The Balaban J connectivity index is 1.44. The lowest BCUT2D eigenvalue weighted by molar-refractivity contribution is 0.332. The molecule has 0 bridgehead atoms. The Morgan fingerprint density at radius 2 is 1.14 bits per heavy atom. The lowest BCUT2D eigenvalue weighted by atomic mass is 9.36. The predicted molar refractivity (Wildman–Crippen MR) is 228 cm³/mol. The van der Waals surface area contributed by atoms with Crippen LogP contribution in [0.4, 0.5) is 34.1 Å². The highest BCUT2D eigenvalue weighted by atomic mass is 32.1. The normalized spacial score (nSPS) is 16.9. The summed E-state index contributed by atoms with van der Waals surface area (Å²) in [6.45, 7) is 24.1. The van der Waals surface area contributed by atoms with Crippen molar-refractivity contribution < 1.29 is 0 Å². The van der Waals surface area contributed by atoms with Crippen molar-refractivity contribution in [1.29, 1.82) is 0 Å². The van der Waals surface area contributed by atoms with Crippen LogP contribution >= 0.6 is 11.3 Å². The van der Waals surface area contributed by atoms with Crippen molar-refractivity contribution >= 4 is 91.2 Å². The van der Waals surface area contributed by atoms with Gasteiger partial charge >= 0.3 is 0 Å². The van der Waals surface area contributed by atoms with Crippen LogP contribution in [0.2, 0.25) is 19.6 Å². The van der Waals surface area contributed by atoms with E-state index >= 15 is 0 Å². The fraction of sp³-hybridized carbons (Fsp3) is 0.304. The molecule has 0 amide bonds. The number of anilines is 6. The molecular weight excluding hydrogens is 651 g/mol. The van der Waals surface area contributed by atoms with Crippen molar-refractivity contribution in [3.05, 3.63) is 119 Å². The second-order valence-electron chi connectivity index (χ2n) is 18.0. The van der Waals surface area contributed by atoms with E-state index in [0.29, 0.717) is 0 Å². The van der Waals surface area contributed by atoms with Gasteiger partial charge < -0.3 is 9.80 Å². The highest BCUT2D eigenvalue weighted by molar-refractivity contribution is 7.33. The molecule has 0 N–H and O–H groups in total. The first-order chi connectivity index (χ1) is 24.1. The Hall–Kier alpha value is -4.06. The first-order valence-electron chi connectivity index (χ1n) is 18.8. The molecule has 2 nitrogen and oxygen atoms in total. The number of nitrogens with zero attached hydrogens (tertiary/aromatic N) is 2. The minimum atomic E-state index is -1.75. The van der Waals surface area contributed by atoms with E-state index in [1.807, 2.05) is 11.3 Å². The van der Waals surface area contributed by atoms with Gasteiger partial charge in [0.05, 0.1) is 5.69 Å². The summed E-state index contributed by atoms with van der Waals surface area (Å²) in [5.41, 5.74) is 17.9. The Bertz CT molecular complexity index is 2390. The van der Waals surface area contributed by atoms with E-state index in [2.05, 4.69) is 169 Å². The summed E-state index contributed by atoms with van der Waals surface area (Å²) in [4.78, 5) is 5.24. The summed E-state index contributed by atoms with van der Waals surface area (Å²) < 4.78 is 2.88. The molecule has 2 aliphatic heterocycles. The van der Waals surface area contributed by atoms with Crippen LogP contribution in [0.3, 0.4) is 0 Å². The molecule has 5 aromatic carbocycles. The summed E-state index contributed by atoms with van der Waals surface area (Å²) >= 11 is 2.04. The molecule has 0 spiro atoms. The Labute approximate surface area is 310 Å². The van der Waals surface area contributed by atoms with Crippen molar-refractivity contribution in [1.82, 2.24) is 0 Å². The molecule has 3 heterocycles. The van der Waals surface area contributed by atoms with Gasteiger partial charge in [0, 0.05) is 43.3 Å². The van der Waals surface area contributed by atoms with Gasteiger partial charge in [-0.1, -0.05) is 87.4 Å². The lowest BCUT2D eigenvalue weighted by Crippen LogP contribution is -2.61. The van der Waals surface area contributed by atoms with Crippen LogP contribution in [0.25, 0.3) is 10.1 Å². The number of hydrogen-bond donors (Lipinski definition) is 0. The van der Waals surface area contributed by atoms with Crippen molar-refractivity contribution in [2.45, 2.75) is 91.8 Å². The van der Waals surface area contributed by atoms with Crippen molar-refractivity contribution in [3.8, 4) is 0 Å². The van der Waals surface area contributed by atoms with Gasteiger partial charge in [0.2, 0.25) is 0 Å². The highest BCUT2D eigenvalue weighted by Gasteiger charge is 2.46. The second kappa shape index (κ2) is 11.0. The van der Waals surface area contributed by atoms with E-state index in [1.54, 1.807) is 0 Å². The topological polar surface area (TPSA) is 6.48 Å². The zero-order valence-electron chi connectivity index (χ0n) is 32.0. The second-order valence-corrected chi connectivity index (χ2v) is 24.2. The van der Waals surface area contributed by atoms with Gasteiger partial charge in [-0.3, -0.25) is 0 Å². The van der Waals surface area contributed by atoms with Crippen LogP contribution in [0.5, 0.6) is 0 Å². The molecule has 0 unspecified atom stereocenters. The van der Waals surface area contributed by atoms with E-state index in [-0.39, 0.29) is 17.5 Å². The predicted octanol–water partition coefficient (Wildman–Crippen LogP) is 10.8. The van der Waals surface area contributed by atoms with Gasteiger partial charge in [0.1, 0.15) is 0 Å². The third kappa shape index (κ3) is 4.94. The Morgan fingerprint density at radius 1 is 0.608 bits per heavy atom. The quantitative estimate of drug-likeness (QED) is 0.169. The van der Waals surface area contributed by atoms with Gasteiger partial charge in [0.25, 0.3) is 6.71 Å². The van der Waals surface area contributed by atoms with Crippen LogP contribution in [0.15, 0.2) is 91.0 Å². The Morgan fingerprint density at radius 3 is 1.73 bits per heavy atom. The smallest absolute Gasteiger partial charge is 0.264 e. The first kappa shape index (κ1) is 32.8. The largest absolute Gasteiger partial charge is 0.312 e. The molecule has 0 saturated carbocycles. The maximum Gasteiger partial charge on any atom is 0.264 e. The van der Waals surface area contributed by atoms with Crippen LogP contribution in [-0.2, 0) is 10.8 Å². The number of aryl methyl sites for hydroxylation is 3. The maximum atomic E-state index is 2.66. The molecule has 51 heavy (non-hydrogen) atoms. The zero-order chi connectivity index (χ0) is 35.8. The van der Waals surface area contributed by atoms with Crippen molar-refractivity contribution in [2.24, 2.45) is 0 Å². The number of hydrogen-bond acceptors (Lipinski definition) is 3. The average molecular weight is 701 g/mol. The van der Waals surface area contributed by atoms with Crippen molar-refractivity contribution in [2.75, 3.05) is 9.80 Å². The fourth-order valence-electron chi connectivity index (χ4n) is 9.01. The number of benzene rings is 5. The van der Waals surface area contributed by atoms with Gasteiger partial charge in [-0.25, -0.2) is 0 Å². The third-order valence-electron chi connectivity index (χ3n) is 12.2. The molecule has 0 radical (unpaired) electrons. The standard InChI is InChI=1S/C46H49BN2SSi/c1-28-11-16-31(17-12-28)48-38-23-30(3)15-20-37(38)47-42-39(48)24-33(51(8,9)10)25-40(42)49(32-18-13-29(2)14-19-32)43-34-26-35-36(27-41(34)50-44(43)47)46(6,7)22-21-45(35,4)5/h11-20,23-27H,21-22H2,1-10H3/q-1. The summed E-state index contributed by atoms with van der Waals surface area (Å²) in [6, 6.07) is 36.0. The maximum absolute atomic E-state index is 2.66. The number of thiophene rings is 1. The molecule has 0 saturated heterocycles. The minimum Gasteiger partial charge on any atom is -0.312 e. The first-order valence-corrected chi connectivity index (χ1v) is 23.1. The molecule has 1 aliphatic carbocycles. The highest BCUT2D eigenvalue weighted by Crippen LogP contribution is 2.52. The molecule has 257 valence electrons. The fourth-order valence-corrected chi connectivity index (χ4v) is 11.5. The van der Waals surface area contributed by atoms with E-state index < -0.39 is 8.07 Å². The van der Waals surface area contributed by atoms with Crippen LogP contribution in [0.1, 0.15) is 68.4 Å². The van der Waals surface area contributed by atoms with E-state index in [9.17, 15) is 0 Å². The molecule has 3 aliphatic rings. The van der Waals surface area contributed by atoms with Gasteiger partial charge in [0.15, 0.2) is 0 Å². The SMILES string of the molecule is Cc1ccc(N2c3cc(C)ccc3B3c4sc5cc6c(cc5c4N(c4ccc(C)cc4)c4cc([Si-](C)(C)C)cc2c43)C(C)(C)CCC6(C)C)cc1. The van der Waals surface area contributed by atoms with Crippen LogP contribution < -0.4 is 30.7 Å². The summed E-state index contributed by atoms with van der Waals surface area (Å²) in [7, 11) is -1.75. The molecule has 0 fully saturated rings. The van der Waals surface area contributed by atoms with Gasteiger partial charge in [-0.15, -0.1) is 19.4 Å². The van der Waals surface area contributed by atoms with Crippen LogP contribution in [0, 0.1) is 20.8 Å². The zero-order valence-corrected chi connectivity index (χ0v) is 33.8. The van der Waals surface area contributed by atoms with Gasteiger partial charge in [-0.2, -0.15) is 24.8 Å². The number of rotatable bonds is 3. The molecule has 5 heteroatoms. The molecule has 0 atom stereocenters. The Kier molecular flexibility index (Phi) is 7.06. The summed E-state index contributed by atoms with van der Waals surface area (Å²) in [6.07, 6.45) is 2.43. The number of fused-ring (bicyclic) bond motifs is 7. The molecule has 9 rings (SSSR count). The van der Waals surface area contributed by atoms with E-state index in [4.69, 9.17) is 0 Å². The molecular formula is C46H49BN2SSi-. The van der Waals surface area contributed by atoms with Gasteiger partial charge in [-0.05, 0) is 115 Å². The molecule has 6 aromatic rings. The molecule has 1 aromatic heterocycles. The lowest BCUT2D eigenvalue weighted by Gasteiger charge is -2.45.